The summed E-state index contributed by atoms with van der Waals surface area (Å²) < 4.78 is 5.46. The van der Waals surface area contributed by atoms with Gasteiger partial charge in [0.05, 0.1) is 12.5 Å². The summed E-state index contributed by atoms with van der Waals surface area (Å²) in [5.74, 6) is -2.61. The number of aliphatic hydroxyl groups is 1. The summed E-state index contributed by atoms with van der Waals surface area (Å²) in [4.78, 5) is 34.6. The molecule has 0 saturated carbocycles. The Bertz CT molecular complexity index is 617. The highest BCUT2D eigenvalue weighted by Gasteiger charge is 2.26. The average Bonchev–Trinajstić information content (AvgIpc) is 2.56. The number of rotatable bonds is 9. The lowest BCUT2D eigenvalue weighted by Gasteiger charge is -2.16. The minimum absolute atomic E-state index is 0.207. The zero-order chi connectivity index (χ0) is 19.2. The van der Waals surface area contributed by atoms with Crippen molar-refractivity contribution in [2.24, 2.45) is 11.8 Å². The van der Waals surface area contributed by atoms with Crippen LogP contribution in [0.2, 0.25) is 0 Å². The van der Waals surface area contributed by atoms with Gasteiger partial charge >= 0.3 is 5.97 Å². The van der Waals surface area contributed by atoms with Gasteiger partial charge in [-0.05, 0) is 38.1 Å². The molecule has 2 atom stereocenters. The molecule has 0 aliphatic heterocycles. The van der Waals surface area contributed by atoms with E-state index in [0.717, 1.165) is 0 Å². The minimum atomic E-state index is -1.43. The lowest BCUT2D eigenvalue weighted by Crippen LogP contribution is -2.37. The van der Waals surface area contributed by atoms with E-state index >= 15 is 0 Å². The molecule has 0 aliphatic rings. The van der Waals surface area contributed by atoms with Crippen molar-refractivity contribution in [2.45, 2.75) is 33.3 Å². The first-order chi connectivity index (χ1) is 11.5. The van der Waals surface area contributed by atoms with Crippen molar-refractivity contribution in [3.63, 3.8) is 0 Å². The zero-order valence-electron chi connectivity index (χ0n) is 14.9. The Labute approximate surface area is 147 Å². The van der Waals surface area contributed by atoms with Gasteiger partial charge in [-0.3, -0.25) is 14.4 Å². The highest BCUT2D eigenvalue weighted by molar-refractivity contribution is 6.01. The minimum Gasteiger partial charge on any atom is -0.492 e. The van der Waals surface area contributed by atoms with E-state index in [4.69, 9.17) is 9.84 Å². The van der Waals surface area contributed by atoms with Crippen molar-refractivity contribution in [1.82, 2.24) is 5.32 Å². The van der Waals surface area contributed by atoms with E-state index in [9.17, 15) is 19.5 Å². The number of aliphatic carboxylic acids is 1. The molecule has 0 aromatic heterocycles. The van der Waals surface area contributed by atoms with Crippen LogP contribution in [0.1, 0.15) is 38.1 Å². The fraction of sp³-hybridized carbons (Fsp3) is 0.500. The smallest absolute Gasteiger partial charge is 0.307 e. The monoisotopic (exact) mass is 351 g/mol. The summed E-state index contributed by atoms with van der Waals surface area (Å²) in [6, 6.07) is 6.33. The summed E-state index contributed by atoms with van der Waals surface area (Å²) in [6.45, 7) is 6.34. The molecule has 1 amide bonds. The average molecular weight is 351 g/mol. The number of carboxylic acids is 1. The van der Waals surface area contributed by atoms with E-state index in [1.54, 1.807) is 31.2 Å². The molecule has 0 spiro atoms. The third kappa shape index (κ3) is 6.19. The predicted molar refractivity (Wildman–Crippen MR) is 91.5 cm³/mol. The van der Waals surface area contributed by atoms with Crippen LogP contribution < -0.4 is 10.1 Å². The quantitative estimate of drug-likeness (QED) is 0.459. The number of amides is 1. The van der Waals surface area contributed by atoms with Crippen LogP contribution in [0.5, 0.6) is 5.75 Å². The number of hydrogen-bond donors (Lipinski definition) is 3. The van der Waals surface area contributed by atoms with Crippen LogP contribution in [0.15, 0.2) is 24.3 Å². The fourth-order valence-electron chi connectivity index (χ4n) is 2.00. The number of nitrogens with one attached hydrogen (secondary N) is 1. The molecule has 138 valence electrons. The van der Waals surface area contributed by atoms with E-state index < -0.39 is 23.4 Å². The highest BCUT2D eigenvalue weighted by Crippen LogP contribution is 2.17. The van der Waals surface area contributed by atoms with Gasteiger partial charge in [0, 0.05) is 11.5 Å². The van der Waals surface area contributed by atoms with Crippen LogP contribution in [0.4, 0.5) is 0 Å². The summed E-state index contributed by atoms with van der Waals surface area (Å²) in [6.07, 6.45) is 0. The van der Waals surface area contributed by atoms with E-state index in [-0.39, 0.29) is 24.8 Å². The predicted octanol–water partition coefficient (Wildman–Crippen LogP) is 1.49. The molecule has 2 unspecified atom stereocenters. The standard InChI is InChI=1S/C18H25NO6/c1-11(12(2)17(22)23)16(21)19-9-10-25-14-7-5-13(6-8-14)15(20)18(3,4)24/h5-8,11-12,24H,9-10H2,1-4H3,(H,19,21)(H,22,23). The largest absolute Gasteiger partial charge is 0.492 e. The topological polar surface area (TPSA) is 113 Å². The maximum absolute atomic E-state index is 11.9. The van der Waals surface area contributed by atoms with Crippen LogP contribution in [0.25, 0.3) is 0 Å². The Morgan fingerprint density at radius 2 is 1.68 bits per heavy atom. The maximum atomic E-state index is 11.9. The summed E-state index contributed by atoms with van der Waals surface area (Å²) >= 11 is 0. The molecule has 3 N–H and O–H groups in total. The lowest BCUT2D eigenvalue weighted by atomic mass is 9.95. The Kier molecular flexibility index (Phi) is 7.11. The second-order valence-corrected chi connectivity index (χ2v) is 6.47. The molecule has 1 aromatic rings. The van der Waals surface area contributed by atoms with E-state index in [1.165, 1.54) is 20.8 Å². The molecule has 0 fully saturated rings. The molecule has 0 aliphatic carbocycles. The van der Waals surface area contributed by atoms with Crippen LogP contribution in [0, 0.1) is 11.8 Å². The van der Waals surface area contributed by atoms with Crippen LogP contribution in [0.3, 0.4) is 0 Å². The van der Waals surface area contributed by atoms with Gasteiger partial charge in [0.1, 0.15) is 18.0 Å². The summed E-state index contributed by atoms with van der Waals surface area (Å²) in [5.41, 5.74) is -1.05. The molecule has 0 bridgehead atoms. The third-order valence-corrected chi connectivity index (χ3v) is 3.90. The normalized spacial score (nSPS) is 13.6. The van der Waals surface area contributed by atoms with Crippen LogP contribution in [-0.4, -0.2) is 46.6 Å². The van der Waals surface area contributed by atoms with Crippen LogP contribution in [-0.2, 0) is 9.59 Å². The number of ether oxygens (including phenoxy) is 1. The van der Waals surface area contributed by atoms with Crippen LogP contribution >= 0.6 is 0 Å². The van der Waals surface area contributed by atoms with Crippen molar-refractivity contribution in [2.75, 3.05) is 13.2 Å². The van der Waals surface area contributed by atoms with E-state index in [1.807, 2.05) is 0 Å². The number of carboxylic acid groups (broad SMARTS) is 1. The second-order valence-electron chi connectivity index (χ2n) is 6.47. The van der Waals surface area contributed by atoms with E-state index in [2.05, 4.69) is 5.32 Å². The number of carbonyl (C=O) groups is 3. The molecule has 0 radical (unpaired) electrons. The Hall–Kier alpha value is -2.41. The first kappa shape index (κ1) is 20.6. The first-order valence-corrected chi connectivity index (χ1v) is 8.04. The SMILES string of the molecule is CC(C(=O)O)C(C)C(=O)NCCOc1ccc(C(=O)C(C)(C)O)cc1. The number of ketones is 1. The van der Waals surface area contributed by atoms with Crippen molar-refractivity contribution in [1.29, 1.82) is 0 Å². The number of hydrogen-bond acceptors (Lipinski definition) is 5. The third-order valence-electron chi connectivity index (χ3n) is 3.90. The van der Waals surface area contributed by atoms with Gasteiger partial charge in [-0.1, -0.05) is 13.8 Å². The number of Topliss-reactive ketones (excluding diaryl/α,β-unsaturated/α-hetero) is 1. The number of benzene rings is 1. The molecule has 7 heteroatoms. The van der Waals surface area contributed by atoms with E-state index in [0.29, 0.717) is 11.3 Å². The summed E-state index contributed by atoms with van der Waals surface area (Å²) in [5, 5.41) is 21.2. The van der Waals surface area contributed by atoms with Gasteiger partial charge in [0.25, 0.3) is 0 Å². The molecular formula is C18H25NO6. The van der Waals surface area contributed by atoms with Crippen molar-refractivity contribution < 1.29 is 29.3 Å². The molecule has 0 saturated heterocycles. The van der Waals surface area contributed by atoms with Gasteiger partial charge in [-0.15, -0.1) is 0 Å². The fourth-order valence-corrected chi connectivity index (χ4v) is 2.00. The first-order valence-electron chi connectivity index (χ1n) is 8.04. The Morgan fingerprint density at radius 3 is 2.16 bits per heavy atom. The van der Waals surface area contributed by atoms with Gasteiger partial charge in [0.2, 0.25) is 5.91 Å². The van der Waals surface area contributed by atoms with Crippen molar-refractivity contribution >= 4 is 17.7 Å². The molecule has 0 heterocycles. The Balaban J connectivity index is 2.43. The van der Waals surface area contributed by atoms with Gasteiger partial charge in [-0.25, -0.2) is 0 Å². The number of carbonyl (C=O) groups excluding carboxylic acids is 2. The lowest BCUT2D eigenvalue weighted by molar-refractivity contribution is -0.146. The Morgan fingerprint density at radius 1 is 1.12 bits per heavy atom. The maximum Gasteiger partial charge on any atom is 0.307 e. The zero-order valence-corrected chi connectivity index (χ0v) is 14.9. The molecule has 1 aromatic carbocycles. The van der Waals surface area contributed by atoms with Gasteiger partial charge in [-0.2, -0.15) is 0 Å². The van der Waals surface area contributed by atoms with Gasteiger partial charge in [0.15, 0.2) is 5.78 Å². The second kappa shape index (κ2) is 8.62. The molecule has 1 rings (SSSR count). The molecule has 25 heavy (non-hydrogen) atoms. The van der Waals surface area contributed by atoms with Crippen molar-refractivity contribution in [3.8, 4) is 5.75 Å². The van der Waals surface area contributed by atoms with Crippen molar-refractivity contribution in [3.05, 3.63) is 29.8 Å². The molecular weight excluding hydrogens is 326 g/mol. The highest BCUT2D eigenvalue weighted by atomic mass is 16.5. The van der Waals surface area contributed by atoms with Gasteiger partial charge < -0.3 is 20.3 Å². The molecule has 7 nitrogen and oxygen atoms in total. The summed E-state index contributed by atoms with van der Waals surface area (Å²) in [7, 11) is 0.